The summed E-state index contributed by atoms with van der Waals surface area (Å²) in [5.41, 5.74) is 2.83. The summed E-state index contributed by atoms with van der Waals surface area (Å²) in [5, 5.41) is 2.71. The first-order chi connectivity index (χ1) is 12.5. The molecule has 2 aromatic carbocycles. The van der Waals surface area contributed by atoms with Gasteiger partial charge in [0.15, 0.2) is 0 Å². The number of nitrogens with zero attached hydrogens (tertiary/aromatic N) is 1. The summed E-state index contributed by atoms with van der Waals surface area (Å²) in [6.07, 6.45) is 0.625. The molecule has 6 nitrogen and oxygen atoms in total. The molecule has 138 valence electrons. The molecule has 0 spiro atoms. The number of rotatable bonds is 6. The normalized spacial score (nSPS) is 14.5. The number of amides is 1. The number of carbonyl (C=O) groups excluding carboxylic acids is 1. The number of fused-ring (bicyclic) bond motifs is 1. The second-order valence-corrected chi connectivity index (χ2v) is 8.28. The summed E-state index contributed by atoms with van der Waals surface area (Å²) >= 11 is 0. The molecule has 7 heteroatoms. The van der Waals surface area contributed by atoms with Gasteiger partial charge in [0.05, 0.1) is 12.9 Å². The van der Waals surface area contributed by atoms with Crippen LogP contribution in [0.1, 0.15) is 17.5 Å². The Balaban J connectivity index is 1.55. The van der Waals surface area contributed by atoms with E-state index in [1.54, 1.807) is 31.4 Å². The lowest BCUT2D eigenvalue weighted by Gasteiger charge is -2.28. The van der Waals surface area contributed by atoms with E-state index in [4.69, 9.17) is 4.74 Å². The first-order valence-corrected chi connectivity index (χ1v) is 10.1. The third-order valence-electron chi connectivity index (χ3n) is 4.45. The molecule has 0 saturated carbocycles. The maximum Gasteiger partial charge on any atom is 0.225 e. The van der Waals surface area contributed by atoms with Gasteiger partial charge in [0.25, 0.3) is 0 Å². The van der Waals surface area contributed by atoms with E-state index in [0.717, 1.165) is 5.56 Å². The first kappa shape index (κ1) is 18.4. The van der Waals surface area contributed by atoms with Crippen molar-refractivity contribution in [1.29, 1.82) is 0 Å². The van der Waals surface area contributed by atoms with Gasteiger partial charge in [-0.15, -0.1) is 0 Å². The van der Waals surface area contributed by atoms with Gasteiger partial charge < -0.3 is 10.1 Å². The molecule has 2 aromatic rings. The van der Waals surface area contributed by atoms with Crippen molar-refractivity contribution in [2.45, 2.75) is 19.4 Å². The highest BCUT2D eigenvalue weighted by Gasteiger charge is 2.26. The molecule has 0 unspecified atom stereocenters. The predicted octanol–water partition coefficient (Wildman–Crippen LogP) is 2.41. The average Bonchev–Trinajstić information content (AvgIpc) is 2.67. The lowest BCUT2D eigenvalue weighted by molar-refractivity contribution is -0.115. The van der Waals surface area contributed by atoms with Crippen LogP contribution in [0.25, 0.3) is 0 Å². The van der Waals surface area contributed by atoms with Gasteiger partial charge in [-0.2, -0.15) is 4.31 Å². The minimum absolute atomic E-state index is 0.0769. The number of ether oxygens (including phenoxy) is 1. The molecular formula is C19H22N2O4S. The molecule has 0 aliphatic carbocycles. The molecule has 1 heterocycles. The molecule has 26 heavy (non-hydrogen) atoms. The maximum atomic E-state index is 12.6. The molecule has 3 rings (SSSR count). The van der Waals surface area contributed by atoms with Crippen LogP contribution in [0.5, 0.6) is 5.75 Å². The van der Waals surface area contributed by atoms with Gasteiger partial charge >= 0.3 is 0 Å². The van der Waals surface area contributed by atoms with Crippen molar-refractivity contribution >= 4 is 21.6 Å². The average molecular weight is 374 g/mol. The van der Waals surface area contributed by atoms with Crippen LogP contribution in [0, 0.1) is 0 Å². The SMILES string of the molecule is COc1ccc(NC(=O)CCS(=O)(=O)N2CCc3ccccc3C2)cc1. The molecule has 0 saturated heterocycles. The van der Waals surface area contributed by atoms with Gasteiger partial charge in [-0.05, 0) is 41.8 Å². The summed E-state index contributed by atoms with van der Waals surface area (Å²) in [6.45, 7) is 0.831. The third-order valence-corrected chi connectivity index (χ3v) is 6.27. The van der Waals surface area contributed by atoms with E-state index >= 15 is 0 Å². The second kappa shape index (κ2) is 7.88. The summed E-state index contributed by atoms with van der Waals surface area (Å²) < 4.78 is 31.7. The highest BCUT2D eigenvalue weighted by Crippen LogP contribution is 2.21. The van der Waals surface area contributed by atoms with Crippen LogP contribution in [0.4, 0.5) is 5.69 Å². The zero-order valence-electron chi connectivity index (χ0n) is 14.6. The monoisotopic (exact) mass is 374 g/mol. The predicted molar refractivity (Wildman–Crippen MR) is 101 cm³/mol. The fraction of sp³-hybridized carbons (Fsp3) is 0.316. The second-order valence-electron chi connectivity index (χ2n) is 6.19. The summed E-state index contributed by atoms with van der Waals surface area (Å²) in [5.74, 6) is 0.170. The summed E-state index contributed by atoms with van der Waals surface area (Å²) in [6, 6.07) is 14.8. The first-order valence-electron chi connectivity index (χ1n) is 8.46. The number of carbonyl (C=O) groups is 1. The van der Waals surface area contributed by atoms with Crippen molar-refractivity contribution in [1.82, 2.24) is 4.31 Å². The zero-order chi connectivity index (χ0) is 18.6. The number of anilines is 1. The van der Waals surface area contributed by atoms with Gasteiger partial charge in [-0.1, -0.05) is 24.3 Å². The van der Waals surface area contributed by atoms with Gasteiger partial charge in [0.2, 0.25) is 15.9 Å². The van der Waals surface area contributed by atoms with Crippen molar-refractivity contribution < 1.29 is 17.9 Å². The Labute approximate surface area is 153 Å². The largest absolute Gasteiger partial charge is 0.497 e. The van der Waals surface area contributed by atoms with Crippen LogP contribution >= 0.6 is 0 Å². The molecule has 0 aromatic heterocycles. The zero-order valence-corrected chi connectivity index (χ0v) is 15.5. The number of sulfonamides is 1. The minimum Gasteiger partial charge on any atom is -0.497 e. The maximum absolute atomic E-state index is 12.6. The molecule has 0 fully saturated rings. The van der Waals surface area contributed by atoms with Gasteiger partial charge in [0.1, 0.15) is 5.75 Å². The fourth-order valence-corrected chi connectivity index (χ4v) is 4.36. The number of nitrogens with one attached hydrogen (secondary N) is 1. The van der Waals surface area contributed by atoms with Crippen molar-refractivity contribution in [2.75, 3.05) is 24.7 Å². The Morgan fingerprint density at radius 1 is 1.12 bits per heavy atom. The lowest BCUT2D eigenvalue weighted by atomic mass is 10.0. The number of hydrogen-bond acceptors (Lipinski definition) is 4. The van der Waals surface area contributed by atoms with Crippen LogP contribution in [0.15, 0.2) is 48.5 Å². The van der Waals surface area contributed by atoms with Crippen LogP contribution in [0.2, 0.25) is 0 Å². The van der Waals surface area contributed by atoms with E-state index in [9.17, 15) is 13.2 Å². The quantitative estimate of drug-likeness (QED) is 0.842. The topological polar surface area (TPSA) is 75.7 Å². The smallest absolute Gasteiger partial charge is 0.225 e. The Bertz CT molecular complexity index is 879. The van der Waals surface area contributed by atoms with Crippen molar-refractivity contribution in [3.8, 4) is 5.75 Å². The van der Waals surface area contributed by atoms with E-state index in [2.05, 4.69) is 5.32 Å². The highest BCUT2D eigenvalue weighted by molar-refractivity contribution is 7.89. The molecule has 0 radical (unpaired) electrons. The van der Waals surface area contributed by atoms with Crippen LogP contribution in [-0.4, -0.2) is 38.0 Å². The van der Waals surface area contributed by atoms with Crippen LogP contribution < -0.4 is 10.1 Å². The molecule has 0 atom stereocenters. The van der Waals surface area contributed by atoms with E-state index in [1.165, 1.54) is 9.87 Å². The van der Waals surface area contributed by atoms with E-state index in [0.29, 0.717) is 30.9 Å². The van der Waals surface area contributed by atoms with Crippen molar-refractivity contribution in [2.24, 2.45) is 0 Å². The number of hydrogen-bond donors (Lipinski definition) is 1. The van der Waals surface area contributed by atoms with Crippen LogP contribution in [0.3, 0.4) is 0 Å². The van der Waals surface area contributed by atoms with E-state index < -0.39 is 10.0 Å². The lowest BCUT2D eigenvalue weighted by Crippen LogP contribution is -2.38. The summed E-state index contributed by atoms with van der Waals surface area (Å²) in [7, 11) is -1.90. The Morgan fingerprint density at radius 3 is 2.50 bits per heavy atom. The number of benzene rings is 2. The molecular weight excluding hydrogens is 352 g/mol. The molecule has 1 N–H and O–H groups in total. The standard InChI is InChI=1S/C19H22N2O4S/c1-25-18-8-6-17(7-9-18)20-19(22)11-13-26(23,24)21-12-10-15-4-2-3-5-16(15)14-21/h2-9H,10-14H2,1H3,(H,20,22). The fourth-order valence-electron chi connectivity index (χ4n) is 2.96. The van der Waals surface area contributed by atoms with E-state index in [-0.39, 0.29) is 18.1 Å². The molecule has 1 aliphatic heterocycles. The molecule has 1 aliphatic rings. The third kappa shape index (κ3) is 4.42. The minimum atomic E-state index is -3.47. The van der Waals surface area contributed by atoms with E-state index in [1.807, 2.05) is 24.3 Å². The van der Waals surface area contributed by atoms with Gasteiger partial charge in [-0.25, -0.2) is 8.42 Å². The Kier molecular flexibility index (Phi) is 5.58. The van der Waals surface area contributed by atoms with Gasteiger partial charge in [-0.3, -0.25) is 4.79 Å². The van der Waals surface area contributed by atoms with Crippen LogP contribution in [-0.2, 0) is 27.8 Å². The molecule has 1 amide bonds. The Hall–Kier alpha value is -2.38. The molecule has 0 bridgehead atoms. The number of methoxy groups -OCH3 is 1. The van der Waals surface area contributed by atoms with Crippen molar-refractivity contribution in [3.05, 3.63) is 59.7 Å². The van der Waals surface area contributed by atoms with Gasteiger partial charge in [0, 0.05) is 25.2 Å². The highest BCUT2D eigenvalue weighted by atomic mass is 32.2. The summed E-state index contributed by atoms with van der Waals surface area (Å²) in [4.78, 5) is 12.1. The Morgan fingerprint density at radius 2 is 1.81 bits per heavy atom. The van der Waals surface area contributed by atoms with Crippen molar-refractivity contribution in [3.63, 3.8) is 0 Å².